The number of nitrogen functional groups attached to an aromatic ring is 1. The van der Waals surface area contributed by atoms with Crippen molar-refractivity contribution < 1.29 is 4.39 Å². The molecule has 6 heterocycles. The molecule has 228 valence electrons. The molecule has 0 spiro atoms. The number of hydrogen-bond donors (Lipinski definition) is 1. The van der Waals surface area contributed by atoms with E-state index in [4.69, 9.17) is 21.0 Å². The van der Waals surface area contributed by atoms with E-state index < -0.39 is 5.82 Å². The lowest BCUT2D eigenvalue weighted by Crippen LogP contribution is -2.36. The number of nitrogens with zero attached hydrogens (tertiary/aromatic N) is 10. The predicted octanol–water partition coefficient (Wildman–Crippen LogP) is 5.03. The molecule has 7 rings (SSSR count). The van der Waals surface area contributed by atoms with E-state index in [1.165, 1.54) is 17.8 Å². The van der Waals surface area contributed by atoms with Crippen molar-refractivity contribution in [2.75, 3.05) is 36.8 Å². The highest BCUT2D eigenvalue weighted by Crippen LogP contribution is 2.31. The molecule has 46 heavy (non-hydrogen) atoms. The third kappa shape index (κ3) is 5.96. The van der Waals surface area contributed by atoms with Crippen molar-refractivity contribution in [3.8, 4) is 34.5 Å². The van der Waals surface area contributed by atoms with Gasteiger partial charge in [0.2, 0.25) is 5.82 Å². The van der Waals surface area contributed by atoms with Crippen molar-refractivity contribution in [3.05, 3.63) is 103 Å². The van der Waals surface area contributed by atoms with Crippen LogP contribution in [0, 0.1) is 17.1 Å². The quantitative estimate of drug-likeness (QED) is 0.273. The topological polar surface area (TPSA) is 139 Å². The number of nitriles is 1. The van der Waals surface area contributed by atoms with Crippen molar-refractivity contribution in [2.24, 2.45) is 0 Å². The van der Waals surface area contributed by atoms with Gasteiger partial charge in [-0.05, 0) is 73.0 Å². The van der Waals surface area contributed by atoms with Gasteiger partial charge in [-0.1, -0.05) is 12.1 Å². The zero-order valence-corrected chi connectivity index (χ0v) is 25.0. The maximum absolute atomic E-state index is 13.6. The number of benzene rings is 1. The maximum atomic E-state index is 13.6. The Labute approximate surface area is 264 Å². The minimum Gasteiger partial charge on any atom is -0.383 e. The normalized spacial score (nSPS) is 14.1. The lowest BCUT2D eigenvalue weighted by molar-refractivity contribution is 0.251. The molecule has 0 atom stereocenters. The number of rotatable bonds is 6. The summed E-state index contributed by atoms with van der Waals surface area (Å²) in [4.78, 5) is 31.4. The zero-order chi connectivity index (χ0) is 31.5. The first-order valence-electron chi connectivity index (χ1n) is 15.1. The van der Waals surface area contributed by atoms with Crippen LogP contribution in [0.5, 0.6) is 0 Å². The number of pyridine rings is 3. The Morgan fingerprint density at radius 1 is 0.804 bits per heavy atom. The van der Waals surface area contributed by atoms with E-state index in [0.29, 0.717) is 39.8 Å². The smallest absolute Gasteiger partial charge is 0.234 e. The van der Waals surface area contributed by atoms with Gasteiger partial charge >= 0.3 is 0 Å². The third-order valence-corrected chi connectivity index (χ3v) is 8.04. The summed E-state index contributed by atoms with van der Waals surface area (Å²) in [5.74, 6) is 1.61. The van der Waals surface area contributed by atoms with E-state index in [-0.39, 0.29) is 5.82 Å². The molecule has 1 fully saturated rings. The van der Waals surface area contributed by atoms with Gasteiger partial charge in [0, 0.05) is 50.8 Å². The summed E-state index contributed by atoms with van der Waals surface area (Å²) in [6, 6.07) is 22.8. The molecule has 1 aliphatic rings. The highest BCUT2D eigenvalue weighted by molar-refractivity contribution is 5.84. The Morgan fingerprint density at radius 2 is 1.61 bits per heavy atom. The molecular weight excluding hydrogens is 581 g/mol. The number of nitrogens with two attached hydrogens (primary N) is 1. The molecule has 0 amide bonds. The van der Waals surface area contributed by atoms with Crippen LogP contribution in [0.3, 0.4) is 0 Å². The molecule has 11 nitrogen and oxygen atoms in total. The van der Waals surface area contributed by atoms with Gasteiger partial charge in [0.1, 0.15) is 29.0 Å². The Bertz CT molecular complexity index is 2020. The third-order valence-electron chi connectivity index (χ3n) is 8.04. The van der Waals surface area contributed by atoms with Gasteiger partial charge in [0.25, 0.3) is 0 Å². The van der Waals surface area contributed by atoms with E-state index in [1.54, 1.807) is 18.5 Å². The molecule has 5 aromatic heterocycles. The number of halogens is 1. The number of hydrogen-bond acceptors (Lipinski definition) is 10. The molecule has 1 aromatic carbocycles. The van der Waals surface area contributed by atoms with Crippen molar-refractivity contribution >= 4 is 22.8 Å². The highest BCUT2D eigenvalue weighted by Gasteiger charge is 2.20. The summed E-state index contributed by atoms with van der Waals surface area (Å²) in [5.41, 5.74) is 11.6. The fourth-order valence-electron chi connectivity index (χ4n) is 5.83. The summed E-state index contributed by atoms with van der Waals surface area (Å²) >= 11 is 0. The molecular formula is C34H30FN11. The first-order valence-corrected chi connectivity index (χ1v) is 15.1. The van der Waals surface area contributed by atoms with Gasteiger partial charge in [-0.25, -0.2) is 29.3 Å². The van der Waals surface area contributed by atoms with Crippen molar-refractivity contribution in [1.29, 1.82) is 5.26 Å². The van der Waals surface area contributed by atoms with Crippen LogP contribution in [0.4, 0.5) is 16.0 Å². The number of imidazole rings is 1. The van der Waals surface area contributed by atoms with Crippen molar-refractivity contribution in [1.82, 2.24) is 39.4 Å². The van der Waals surface area contributed by atoms with Gasteiger partial charge in [0.05, 0.1) is 23.1 Å². The fraction of sp³-hybridized carbons (Fsp3) is 0.206. The molecule has 0 bridgehead atoms. The summed E-state index contributed by atoms with van der Waals surface area (Å²) in [7, 11) is 0. The SMILES string of the molecule is N#Cc1nccc(N2CCCN(Cc3ccc(-n4c(-c5cccnc5N)nc5ccc(-c6ccc(F)cn6)nc54)cc3)CCC2)n1. The maximum Gasteiger partial charge on any atom is 0.234 e. The van der Waals surface area contributed by atoms with Gasteiger partial charge < -0.3 is 10.6 Å². The lowest BCUT2D eigenvalue weighted by atomic mass is 10.1. The lowest BCUT2D eigenvalue weighted by Gasteiger charge is -2.31. The van der Waals surface area contributed by atoms with Crippen LogP contribution in [-0.4, -0.2) is 65.5 Å². The van der Waals surface area contributed by atoms with Crippen LogP contribution < -0.4 is 10.6 Å². The van der Waals surface area contributed by atoms with Gasteiger partial charge in [-0.2, -0.15) is 5.26 Å². The molecule has 12 heteroatoms. The average molecular weight is 612 g/mol. The van der Waals surface area contributed by atoms with Crippen LogP contribution in [-0.2, 0) is 6.54 Å². The van der Waals surface area contributed by atoms with E-state index in [0.717, 1.165) is 57.1 Å². The summed E-state index contributed by atoms with van der Waals surface area (Å²) in [5, 5.41) is 9.16. The zero-order valence-electron chi connectivity index (χ0n) is 25.0. The highest BCUT2D eigenvalue weighted by atomic mass is 19.1. The Kier molecular flexibility index (Phi) is 7.97. The minimum atomic E-state index is -0.403. The largest absolute Gasteiger partial charge is 0.383 e. The van der Waals surface area contributed by atoms with E-state index in [1.807, 2.05) is 41.0 Å². The van der Waals surface area contributed by atoms with Crippen molar-refractivity contribution in [2.45, 2.75) is 19.4 Å². The molecule has 0 unspecified atom stereocenters. The number of anilines is 2. The molecule has 0 radical (unpaired) electrons. The number of fused-ring (bicyclic) bond motifs is 1. The standard InChI is InChI=1S/C34H30FN11/c35-24-7-10-27(40-21-24)28-11-12-29-34(41-28)46(33(42-29)26-4-1-14-39-32(26)37)25-8-5-23(6-9-25)22-44-16-2-18-45(19-3-17-44)31-13-15-38-30(20-36)43-31/h1,4-15,21H,2-3,16-19,22H2,(H2,37,39). The van der Waals surface area contributed by atoms with Gasteiger partial charge in [-0.15, -0.1) is 0 Å². The predicted molar refractivity (Wildman–Crippen MR) is 173 cm³/mol. The first-order chi connectivity index (χ1) is 22.6. The molecule has 1 aliphatic heterocycles. The second kappa shape index (κ2) is 12.7. The average Bonchev–Trinajstić information content (AvgIpc) is 3.45. The Balaban J connectivity index is 1.14. The van der Waals surface area contributed by atoms with Gasteiger partial charge in [0.15, 0.2) is 11.5 Å². The first kappa shape index (κ1) is 28.9. The molecule has 2 N–H and O–H groups in total. The van der Waals surface area contributed by atoms with E-state index in [2.05, 4.69) is 54.0 Å². The summed E-state index contributed by atoms with van der Waals surface area (Å²) in [6.07, 6.45) is 6.45. The molecule has 0 saturated carbocycles. The van der Waals surface area contributed by atoms with Crippen LogP contribution >= 0.6 is 0 Å². The van der Waals surface area contributed by atoms with Gasteiger partial charge in [-0.3, -0.25) is 14.5 Å². The van der Waals surface area contributed by atoms with E-state index in [9.17, 15) is 4.39 Å². The van der Waals surface area contributed by atoms with Crippen LogP contribution in [0.25, 0.3) is 39.6 Å². The van der Waals surface area contributed by atoms with E-state index >= 15 is 0 Å². The second-order valence-electron chi connectivity index (χ2n) is 11.1. The van der Waals surface area contributed by atoms with Crippen molar-refractivity contribution in [3.63, 3.8) is 0 Å². The van der Waals surface area contributed by atoms with Crippen LogP contribution in [0.2, 0.25) is 0 Å². The van der Waals surface area contributed by atoms with Crippen LogP contribution in [0.1, 0.15) is 24.2 Å². The monoisotopic (exact) mass is 611 g/mol. The number of aromatic nitrogens is 7. The molecule has 6 aromatic rings. The Hall–Kier alpha value is -5.80. The molecule has 1 saturated heterocycles. The van der Waals surface area contributed by atoms with Crippen LogP contribution in [0.15, 0.2) is 85.3 Å². The summed E-state index contributed by atoms with van der Waals surface area (Å²) < 4.78 is 15.5. The molecule has 0 aliphatic carbocycles. The second-order valence-corrected chi connectivity index (χ2v) is 11.1. The summed E-state index contributed by atoms with van der Waals surface area (Å²) in [6.45, 7) is 4.48. The fourth-order valence-corrected chi connectivity index (χ4v) is 5.83. The minimum absolute atomic E-state index is 0.199. The Morgan fingerprint density at radius 3 is 2.35 bits per heavy atom.